The van der Waals surface area contributed by atoms with Gasteiger partial charge in [-0.25, -0.2) is 15.0 Å². The van der Waals surface area contributed by atoms with Crippen LogP contribution < -0.4 is 11.5 Å². The topological polar surface area (TPSA) is 172 Å². The van der Waals surface area contributed by atoms with Crippen LogP contribution in [0.3, 0.4) is 0 Å². The Bertz CT molecular complexity index is 791. The number of hydrogen-bond acceptors (Lipinski definition) is 10. The lowest BCUT2D eigenvalue weighted by molar-refractivity contribution is -0.133. The Kier molecular flexibility index (Phi) is 6.11. The normalized spacial score (nSPS) is 27.6. The summed E-state index contributed by atoms with van der Waals surface area (Å²) < 4.78 is 12.1. The summed E-state index contributed by atoms with van der Waals surface area (Å²) in [6.07, 6.45) is 1.05. The van der Waals surface area contributed by atoms with E-state index >= 15 is 0 Å². The highest BCUT2D eigenvalue weighted by Gasteiger charge is 2.46. The molecule has 1 fully saturated rings. The van der Waals surface area contributed by atoms with E-state index in [2.05, 4.69) is 19.7 Å². The Morgan fingerprint density at radius 1 is 1.41 bits per heavy atom. The Morgan fingerprint density at radius 3 is 2.93 bits per heavy atom. The van der Waals surface area contributed by atoms with E-state index in [1.807, 2.05) is 6.26 Å². The number of imidazole rings is 1. The predicted octanol–water partition coefficient (Wildman–Crippen LogP) is -1.88. The van der Waals surface area contributed by atoms with Gasteiger partial charge < -0.3 is 25.4 Å². The molecule has 0 aliphatic carbocycles. The monoisotopic (exact) mass is 399 g/mol. The van der Waals surface area contributed by atoms with Gasteiger partial charge in [-0.15, -0.1) is 0 Å². The number of nitrogens with zero attached hydrogens (tertiary/aromatic N) is 4. The van der Waals surface area contributed by atoms with Gasteiger partial charge >= 0.3 is 0 Å². The molecule has 0 saturated carbocycles. The molecule has 0 aromatic carbocycles. The van der Waals surface area contributed by atoms with Gasteiger partial charge in [-0.1, -0.05) is 0 Å². The van der Waals surface area contributed by atoms with E-state index in [4.69, 9.17) is 16.2 Å². The average Bonchev–Trinajstić information content (AvgIpc) is 3.18. The van der Waals surface area contributed by atoms with Crippen LogP contribution in [-0.2, 0) is 25.2 Å². The zero-order chi connectivity index (χ0) is 19.6. The average molecular weight is 399 g/mol. The number of fused-ring (bicyclic) bond motifs is 1. The minimum absolute atomic E-state index is 0.155. The SMILES string of the molecule is C[S+](CCC(N)OC=O)CC1OC(n2cnc3c(N)ncnc32)C(O)C1O. The van der Waals surface area contributed by atoms with Crippen molar-refractivity contribution >= 4 is 34.3 Å². The van der Waals surface area contributed by atoms with Crippen molar-refractivity contribution in [1.82, 2.24) is 19.5 Å². The largest absolute Gasteiger partial charge is 0.449 e. The van der Waals surface area contributed by atoms with E-state index in [9.17, 15) is 15.0 Å². The van der Waals surface area contributed by atoms with E-state index in [0.29, 0.717) is 35.6 Å². The molecule has 27 heavy (non-hydrogen) atoms. The highest BCUT2D eigenvalue weighted by atomic mass is 32.2. The number of anilines is 1. The number of aliphatic hydroxyl groups excluding tert-OH is 2. The summed E-state index contributed by atoms with van der Waals surface area (Å²) in [7, 11) is -0.155. The maximum absolute atomic E-state index is 10.5. The van der Waals surface area contributed by atoms with E-state index in [0.717, 1.165) is 0 Å². The number of carbonyl (C=O) groups is 1. The third-order valence-electron chi connectivity index (χ3n) is 4.43. The number of aromatic nitrogens is 4. The van der Waals surface area contributed by atoms with Gasteiger partial charge in [-0.3, -0.25) is 15.1 Å². The Labute approximate surface area is 158 Å². The van der Waals surface area contributed by atoms with Gasteiger partial charge in [0.15, 0.2) is 23.9 Å². The fraction of sp³-hybridized carbons (Fsp3) is 0.600. The smallest absolute Gasteiger partial charge is 0.294 e. The van der Waals surface area contributed by atoms with Crippen molar-refractivity contribution in [1.29, 1.82) is 0 Å². The third-order valence-corrected chi connectivity index (χ3v) is 6.26. The van der Waals surface area contributed by atoms with E-state index in [-0.39, 0.29) is 16.7 Å². The molecule has 12 heteroatoms. The Balaban J connectivity index is 1.66. The lowest BCUT2D eigenvalue weighted by Gasteiger charge is -2.16. The lowest BCUT2D eigenvalue weighted by Crippen LogP contribution is -2.36. The van der Waals surface area contributed by atoms with E-state index in [1.54, 1.807) is 4.57 Å². The van der Waals surface area contributed by atoms with Crippen LogP contribution in [0.25, 0.3) is 11.2 Å². The van der Waals surface area contributed by atoms with Crippen LogP contribution in [-0.4, -0.2) is 78.5 Å². The van der Waals surface area contributed by atoms with Gasteiger partial charge in [0.05, 0.1) is 12.6 Å². The van der Waals surface area contributed by atoms with Crippen molar-refractivity contribution in [2.75, 3.05) is 23.5 Å². The van der Waals surface area contributed by atoms with Crippen molar-refractivity contribution in [3.05, 3.63) is 12.7 Å². The summed E-state index contributed by atoms with van der Waals surface area (Å²) >= 11 is 0. The molecule has 1 aliphatic heterocycles. The molecular formula is C15H23N6O5S+. The molecule has 6 atom stereocenters. The van der Waals surface area contributed by atoms with Crippen LogP contribution >= 0.6 is 0 Å². The first-order valence-corrected chi connectivity index (χ1v) is 10.3. The second kappa shape index (κ2) is 8.35. The van der Waals surface area contributed by atoms with Crippen molar-refractivity contribution in [2.45, 2.75) is 37.2 Å². The highest BCUT2D eigenvalue weighted by molar-refractivity contribution is 7.96. The van der Waals surface area contributed by atoms with Gasteiger partial charge in [0.25, 0.3) is 6.47 Å². The molecule has 0 spiro atoms. The number of ether oxygens (including phenoxy) is 2. The lowest BCUT2D eigenvalue weighted by atomic mass is 10.1. The number of nitrogen functional groups attached to an aromatic ring is 1. The van der Waals surface area contributed by atoms with Gasteiger partial charge in [-0.05, 0) is 10.9 Å². The second-order valence-corrected chi connectivity index (χ2v) is 8.65. The Hall–Kier alpha value is -1.99. The molecule has 6 N–H and O–H groups in total. The number of carbonyl (C=O) groups excluding carboxylic acids is 1. The summed E-state index contributed by atoms with van der Waals surface area (Å²) in [6, 6.07) is 0. The third kappa shape index (κ3) is 4.14. The van der Waals surface area contributed by atoms with Crippen LogP contribution in [0, 0.1) is 0 Å². The van der Waals surface area contributed by atoms with Crippen LogP contribution in [0.5, 0.6) is 0 Å². The number of rotatable bonds is 8. The number of nitrogens with two attached hydrogens (primary N) is 2. The first kappa shape index (κ1) is 19.8. The molecule has 11 nitrogen and oxygen atoms in total. The fourth-order valence-corrected chi connectivity index (χ4v) is 4.61. The van der Waals surface area contributed by atoms with Gasteiger partial charge in [0.2, 0.25) is 0 Å². The van der Waals surface area contributed by atoms with E-state index < -0.39 is 30.8 Å². The molecule has 148 valence electrons. The van der Waals surface area contributed by atoms with Crippen molar-refractivity contribution in [3.8, 4) is 0 Å². The number of aliphatic hydroxyl groups is 2. The zero-order valence-electron chi connectivity index (χ0n) is 14.7. The van der Waals surface area contributed by atoms with Crippen molar-refractivity contribution < 1.29 is 24.5 Å². The summed E-state index contributed by atoms with van der Waals surface area (Å²) in [5, 5.41) is 20.9. The van der Waals surface area contributed by atoms with Gasteiger partial charge in [-0.2, -0.15) is 0 Å². The maximum Gasteiger partial charge on any atom is 0.294 e. The van der Waals surface area contributed by atoms with Gasteiger partial charge in [0.1, 0.15) is 41.7 Å². The minimum Gasteiger partial charge on any atom is -0.449 e. The molecule has 1 aliphatic rings. The maximum atomic E-state index is 10.5. The molecule has 0 radical (unpaired) electrons. The second-order valence-electron chi connectivity index (χ2n) is 6.34. The minimum atomic E-state index is -1.14. The summed E-state index contributed by atoms with van der Waals surface area (Å²) in [4.78, 5) is 22.5. The number of hydrogen-bond donors (Lipinski definition) is 4. The summed E-state index contributed by atoms with van der Waals surface area (Å²) in [6.45, 7) is 0.328. The molecule has 3 heterocycles. The molecule has 0 amide bonds. The molecular weight excluding hydrogens is 376 g/mol. The first-order chi connectivity index (χ1) is 12.9. The zero-order valence-corrected chi connectivity index (χ0v) is 15.5. The molecule has 6 unspecified atom stereocenters. The Morgan fingerprint density at radius 2 is 2.19 bits per heavy atom. The molecule has 3 rings (SSSR count). The fourth-order valence-electron chi connectivity index (χ4n) is 2.97. The van der Waals surface area contributed by atoms with Gasteiger partial charge in [0, 0.05) is 6.42 Å². The van der Waals surface area contributed by atoms with E-state index in [1.165, 1.54) is 12.7 Å². The molecule has 0 bridgehead atoms. The van der Waals surface area contributed by atoms with Crippen molar-refractivity contribution in [3.63, 3.8) is 0 Å². The summed E-state index contributed by atoms with van der Waals surface area (Å²) in [5.41, 5.74) is 12.3. The van der Waals surface area contributed by atoms with Crippen LogP contribution in [0.4, 0.5) is 5.82 Å². The highest BCUT2D eigenvalue weighted by Crippen LogP contribution is 2.32. The standard InChI is InChI=1S/C15H23N6O5S/c1-27(3-2-9(16)25-7-22)4-8-11(23)12(24)15(26-8)21-6-20-10-13(17)18-5-19-14(10)21/h5-9,11-12,15,23-24H,2-4,16H2,1H3,(H2,17,18,19)/q+1. The summed E-state index contributed by atoms with van der Waals surface area (Å²) in [5.74, 6) is 1.47. The van der Waals surface area contributed by atoms with Crippen LogP contribution in [0.1, 0.15) is 12.6 Å². The molecule has 1 saturated heterocycles. The molecule has 2 aromatic rings. The first-order valence-electron chi connectivity index (χ1n) is 8.30. The molecule has 2 aromatic heterocycles. The van der Waals surface area contributed by atoms with Crippen molar-refractivity contribution in [2.24, 2.45) is 5.73 Å². The quantitative estimate of drug-likeness (QED) is 0.224. The van der Waals surface area contributed by atoms with Crippen LogP contribution in [0.2, 0.25) is 0 Å². The van der Waals surface area contributed by atoms with Crippen LogP contribution in [0.15, 0.2) is 12.7 Å². The predicted molar refractivity (Wildman–Crippen MR) is 98.4 cm³/mol.